The van der Waals surface area contributed by atoms with Crippen LogP contribution in [0.25, 0.3) is 65.7 Å². The Labute approximate surface area is 291 Å². The molecule has 0 aliphatic carbocycles. The summed E-state index contributed by atoms with van der Waals surface area (Å²) in [4.78, 5) is 2.32. The zero-order valence-corrected chi connectivity index (χ0v) is 27.4. The average Bonchev–Trinajstić information content (AvgIpc) is 3.19. The molecule has 1 N–H and O–H groups in total. The molecule has 0 atom stereocenters. The summed E-state index contributed by atoms with van der Waals surface area (Å²) >= 11 is 0. The molecule has 9 aromatic carbocycles. The molecule has 236 valence electrons. The topological polar surface area (TPSA) is 23.5 Å². The molecule has 0 unspecified atom stereocenters. The molecule has 0 aromatic heterocycles. The minimum Gasteiger partial charge on any atom is -0.508 e. The third-order valence-corrected chi connectivity index (χ3v) is 9.74. The average molecular weight is 640 g/mol. The van der Waals surface area contributed by atoms with E-state index in [4.69, 9.17) is 0 Å². The van der Waals surface area contributed by atoms with Crippen LogP contribution in [0.4, 0.5) is 17.1 Å². The minimum absolute atomic E-state index is 0.284. The van der Waals surface area contributed by atoms with Crippen LogP contribution in [0.15, 0.2) is 194 Å². The standard InChI is InChI=1S/C48H33NO/c50-42-28-30-46-45-29-21-38(31-47(45)43-13-7-8-14-44(43)48(46)32-42)37-19-26-41(27-20-37)49(39-22-15-35(16-23-39)33-9-3-1-4-10-33)40-24-17-36(18-25-40)34-11-5-2-6-12-34/h1-32,50H. The van der Waals surface area contributed by atoms with Crippen molar-refractivity contribution in [1.29, 1.82) is 0 Å². The molecule has 9 aromatic rings. The quantitative estimate of drug-likeness (QED) is 0.183. The van der Waals surface area contributed by atoms with E-state index in [1.54, 1.807) is 6.07 Å². The molecule has 0 spiro atoms. The first kappa shape index (κ1) is 29.5. The van der Waals surface area contributed by atoms with Gasteiger partial charge in [-0.25, -0.2) is 0 Å². The highest BCUT2D eigenvalue weighted by Gasteiger charge is 2.15. The number of hydrogen-bond donors (Lipinski definition) is 1. The van der Waals surface area contributed by atoms with Crippen molar-refractivity contribution in [3.8, 4) is 39.1 Å². The zero-order chi connectivity index (χ0) is 33.4. The van der Waals surface area contributed by atoms with Crippen LogP contribution in [0.2, 0.25) is 0 Å². The van der Waals surface area contributed by atoms with Gasteiger partial charge in [0.2, 0.25) is 0 Å². The highest BCUT2D eigenvalue weighted by molar-refractivity contribution is 6.26. The molecule has 50 heavy (non-hydrogen) atoms. The minimum atomic E-state index is 0.284. The van der Waals surface area contributed by atoms with E-state index in [0.29, 0.717) is 0 Å². The van der Waals surface area contributed by atoms with E-state index in [1.807, 2.05) is 12.1 Å². The highest BCUT2D eigenvalue weighted by Crippen LogP contribution is 2.40. The maximum atomic E-state index is 10.3. The number of nitrogens with zero attached hydrogens (tertiary/aromatic N) is 1. The Balaban J connectivity index is 1.12. The summed E-state index contributed by atoms with van der Waals surface area (Å²) in [5.74, 6) is 0.284. The number of rotatable bonds is 6. The Morgan fingerprint density at radius 3 is 1.08 bits per heavy atom. The Morgan fingerprint density at radius 2 is 0.600 bits per heavy atom. The Kier molecular flexibility index (Phi) is 7.33. The summed E-state index contributed by atoms with van der Waals surface area (Å²) in [5, 5.41) is 17.2. The molecule has 0 aliphatic rings. The maximum absolute atomic E-state index is 10.3. The number of benzene rings is 9. The van der Waals surface area contributed by atoms with Crippen molar-refractivity contribution in [3.05, 3.63) is 194 Å². The Morgan fingerprint density at radius 1 is 0.260 bits per heavy atom. The first-order valence-electron chi connectivity index (χ1n) is 17.0. The van der Waals surface area contributed by atoms with Gasteiger partial charge in [-0.3, -0.25) is 0 Å². The Bertz CT molecular complexity index is 2510. The molecule has 0 saturated carbocycles. The van der Waals surface area contributed by atoms with Gasteiger partial charge in [-0.05, 0) is 120 Å². The summed E-state index contributed by atoms with van der Waals surface area (Å²) in [7, 11) is 0. The van der Waals surface area contributed by atoms with Crippen LogP contribution in [-0.2, 0) is 0 Å². The largest absolute Gasteiger partial charge is 0.508 e. The van der Waals surface area contributed by atoms with Crippen molar-refractivity contribution in [1.82, 2.24) is 0 Å². The second-order valence-corrected chi connectivity index (χ2v) is 12.7. The van der Waals surface area contributed by atoms with Gasteiger partial charge in [0.1, 0.15) is 5.75 Å². The second kappa shape index (κ2) is 12.4. The van der Waals surface area contributed by atoms with Gasteiger partial charge in [0, 0.05) is 17.1 Å². The van der Waals surface area contributed by atoms with Crippen LogP contribution in [-0.4, -0.2) is 5.11 Å². The van der Waals surface area contributed by atoms with Gasteiger partial charge >= 0.3 is 0 Å². The summed E-state index contributed by atoms with van der Waals surface area (Å²) in [6.07, 6.45) is 0. The molecule has 0 bridgehead atoms. The van der Waals surface area contributed by atoms with Crippen molar-refractivity contribution < 1.29 is 5.11 Å². The smallest absolute Gasteiger partial charge is 0.116 e. The zero-order valence-electron chi connectivity index (χ0n) is 27.4. The third kappa shape index (κ3) is 5.34. The molecule has 0 fully saturated rings. The van der Waals surface area contributed by atoms with Gasteiger partial charge in [-0.15, -0.1) is 0 Å². The van der Waals surface area contributed by atoms with E-state index < -0.39 is 0 Å². The normalized spacial score (nSPS) is 11.3. The lowest BCUT2D eigenvalue weighted by atomic mass is 9.92. The first-order valence-corrected chi connectivity index (χ1v) is 17.0. The molecule has 0 saturated heterocycles. The lowest BCUT2D eigenvalue weighted by Gasteiger charge is -2.26. The van der Waals surface area contributed by atoms with Crippen molar-refractivity contribution in [2.24, 2.45) is 0 Å². The van der Waals surface area contributed by atoms with Crippen LogP contribution in [0.1, 0.15) is 0 Å². The van der Waals surface area contributed by atoms with Gasteiger partial charge in [0.25, 0.3) is 0 Å². The van der Waals surface area contributed by atoms with E-state index in [1.165, 1.54) is 44.0 Å². The molecule has 0 aliphatic heterocycles. The fourth-order valence-corrected chi connectivity index (χ4v) is 7.24. The number of fused-ring (bicyclic) bond motifs is 6. The maximum Gasteiger partial charge on any atom is 0.116 e. The van der Waals surface area contributed by atoms with E-state index in [-0.39, 0.29) is 5.75 Å². The number of phenols is 1. The summed E-state index contributed by atoms with van der Waals surface area (Å²) < 4.78 is 0. The van der Waals surface area contributed by atoms with Gasteiger partial charge in [-0.2, -0.15) is 0 Å². The van der Waals surface area contributed by atoms with Gasteiger partial charge in [-0.1, -0.05) is 140 Å². The van der Waals surface area contributed by atoms with Crippen LogP contribution >= 0.6 is 0 Å². The molecule has 0 radical (unpaired) electrons. The first-order chi connectivity index (χ1) is 24.7. The molecule has 0 heterocycles. The lowest BCUT2D eigenvalue weighted by molar-refractivity contribution is 0.476. The third-order valence-electron chi connectivity index (χ3n) is 9.74. The van der Waals surface area contributed by atoms with Crippen LogP contribution in [0.3, 0.4) is 0 Å². The van der Waals surface area contributed by atoms with Crippen LogP contribution in [0, 0.1) is 0 Å². The molecule has 2 nitrogen and oxygen atoms in total. The molecule has 2 heteroatoms. The number of aromatic hydroxyl groups is 1. The molecular formula is C48H33NO. The fraction of sp³-hybridized carbons (Fsp3) is 0. The van der Waals surface area contributed by atoms with Crippen molar-refractivity contribution in [2.45, 2.75) is 0 Å². The second-order valence-electron chi connectivity index (χ2n) is 12.7. The molecular weight excluding hydrogens is 607 g/mol. The van der Waals surface area contributed by atoms with Gasteiger partial charge in [0.05, 0.1) is 0 Å². The molecule has 0 amide bonds. The predicted molar refractivity (Wildman–Crippen MR) is 212 cm³/mol. The summed E-state index contributed by atoms with van der Waals surface area (Å²) in [6, 6.07) is 68.5. The SMILES string of the molecule is Oc1ccc2c3ccc(-c4ccc(N(c5ccc(-c6ccccc6)cc5)c5ccc(-c6ccccc6)cc5)cc4)cc3c3ccccc3c2c1. The Hall–Kier alpha value is -6.64. The fourth-order valence-electron chi connectivity index (χ4n) is 7.24. The lowest BCUT2D eigenvalue weighted by Crippen LogP contribution is -2.09. The number of phenolic OH excluding ortho intramolecular Hbond substituents is 1. The van der Waals surface area contributed by atoms with Gasteiger partial charge < -0.3 is 10.0 Å². The number of hydrogen-bond acceptors (Lipinski definition) is 2. The van der Waals surface area contributed by atoms with E-state index >= 15 is 0 Å². The summed E-state index contributed by atoms with van der Waals surface area (Å²) in [6.45, 7) is 0. The van der Waals surface area contributed by atoms with Crippen LogP contribution in [0.5, 0.6) is 5.75 Å². The highest BCUT2D eigenvalue weighted by atomic mass is 16.3. The van der Waals surface area contributed by atoms with Crippen molar-refractivity contribution in [2.75, 3.05) is 4.90 Å². The van der Waals surface area contributed by atoms with E-state index in [2.05, 4.69) is 181 Å². The van der Waals surface area contributed by atoms with Crippen LogP contribution < -0.4 is 4.90 Å². The van der Waals surface area contributed by atoms with Gasteiger partial charge in [0.15, 0.2) is 0 Å². The van der Waals surface area contributed by atoms with E-state index in [9.17, 15) is 5.11 Å². The monoisotopic (exact) mass is 639 g/mol. The number of anilines is 3. The van der Waals surface area contributed by atoms with Crippen molar-refractivity contribution >= 4 is 49.4 Å². The van der Waals surface area contributed by atoms with Crippen molar-refractivity contribution in [3.63, 3.8) is 0 Å². The van der Waals surface area contributed by atoms with E-state index in [0.717, 1.165) is 38.8 Å². The summed E-state index contributed by atoms with van der Waals surface area (Å²) in [5.41, 5.74) is 10.4. The molecule has 9 rings (SSSR count). The predicted octanol–water partition coefficient (Wildman–Crippen LogP) is 13.3.